The number of amides is 1. The molecule has 1 saturated heterocycles. The van der Waals surface area contributed by atoms with Crippen molar-refractivity contribution in [3.8, 4) is 0 Å². The minimum atomic E-state index is -0.299. The van der Waals surface area contributed by atoms with Crippen LogP contribution in [-0.4, -0.2) is 37.0 Å². The number of ether oxygens (including phenoxy) is 1. The first-order chi connectivity index (χ1) is 6.13. The van der Waals surface area contributed by atoms with Gasteiger partial charge in [-0.2, -0.15) is 0 Å². The summed E-state index contributed by atoms with van der Waals surface area (Å²) in [7, 11) is 0. The van der Waals surface area contributed by atoms with Gasteiger partial charge in [-0.3, -0.25) is 0 Å². The highest BCUT2D eigenvalue weighted by Gasteiger charge is 2.31. The van der Waals surface area contributed by atoms with E-state index in [1.54, 1.807) is 4.90 Å². The topological polar surface area (TPSA) is 46.6 Å². The van der Waals surface area contributed by atoms with Gasteiger partial charge in [0.2, 0.25) is 0 Å². The van der Waals surface area contributed by atoms with Gasteiger partial charge >= 0.3 is 6.09 Å². The Kier molecular flexibility index (Phi) is 3.28. The Morgan fingerprint density at radius 2 is 2.23 bits per heavy atom. The predicted octanol–water partition coefficient (Wildman–Crippen LogP) is 0.910. The molecule has 0 saturated carbocycles. The Morgan fingerprint density at radius 3 is 2.69 bits per heavy atom. The van der Waals surface area contributed by atoms with E-state index in [1.807, 2.05) is 13.8 Å². The van der Waals surface area contributed by atoms with E-state index in [0.29, 0.717) is 25.6 Å². The van der Waals surface area contributed by atoms with Crippen LogP contribution in [0.15, 0.2) is 0 Å². The molecule has 0 radical (unpaired) electrons. The Hall–Kier alpha value is -1.06. The van der Waals surface area contributed by atoms with Crippen LogP contribution in [0.25, 0.3) is 0 Å². The number of rotatable bonds is 3. The molecule has 0 spiro atoms. The molecule has 1 amide bonds. The summed E-state index contributed by atoms with van der Waals surface area (Å²) in [6.07, 6.45) is 0.582. The molecule has 4 nitrogen and oxygen atoms in total. The molecule has 4 heteroatoms. The number of carbonyl (C=O) groups excluding carboxylic acids is 2. The van der Waals surface area contributed by atoms with Gasteiger partial charge in [0.25, 0.3) is 0 Å². The Labute approximate surface area is 77.8 Å². The molecule has 1 aliphatic heterocycles. The average Bonchev–Trinajstić information content (AvgIpc) is 1.99. The van der Waals surface area contributed by atoms with Crippen molar-refractivity contribution in [2.75, 3.05) is 19.7 Å². The maximum absolute atomic E-state index is 11.2. The van der Waals surface area contributed by atoms with Gasteiger partial charge < -0.3 is 14.4 Å². The van der Waals surface area contributed by atoms with Gasteiger partial charge in [0, 0.05) is 13.1 Å². The molecular weight excluding hydrogens is 170 g/mol. The fraction of sp³-hybridized carbons (Fsp3) is 0.778. The fourth-order valence-corrected chi connectivity index (χ4v) is 1.08. The maximum Gasteiger partial charge on any atom is 0.409 e. The maximum atomic E-state index is 11.2. The lowest BCUT2D eigenvalue weighted by Gasteiger charge is -2.35. The third-order valence-electron chi connectivity index (χ3n) is 1.90. The minimum absolute atomic E-state index is 0.0200. The Balaban J connectivity index is 2.15. The highest BCUT2D eigenvalue weighted by atomic mass is 16.6. The van der Waals surface area contributed by atoms with Crippen molar-refractivity contribution in [3.05, 3.63) is 0 Å². The SMILES string of the molecule is CC(C)COC(=O)N1CC(C=O)C1. The second-order valence-corrected chi connectivity index (χ2v) is 3.77. The number of hydrogen-bond acceptors (Lipinski definition) is 3. The van der Waals surface area contributed by atoms with Gasteiger partial charge in [0.1, 0.15) is 6.29 Å². The van der Waals surface area contributed by atoms with Crippen molar-refractivity contribution in [1.82, 2.24) is 4.90 Å². The lowest BCUT2D eigenvalue weighted by Crippen LogP contribution is -2.50. The minimum Gasteiger partial charge on any atom is -0.449 e. The Morgan fingerprint density at radius 1 is 1.62 bits per heavy atom. The van der Waals surface area contributed by atoms with Crippen molar-refractivity contribution < 1.29 is 14.3 Å². The van der Waals surface area contributed by atoms with E-state index in [0.717, 1.165) is 6.29 Å². The van der Waals surface area contributed by atoms with Crippen LogP contribution in [0.5, 0.6) is 0 Å². The highest BCUT2D eigenvalue weighted by molar-refractivity contribution is 5.71. The van der Waals surface area contributed by atoms with Crippen molar-refractivity contribution in [2.24, 2.45) is 11.8 Å². The summed E-state index contributed by atoms with van der Waals surface area (Å²) < 4.78 is 4.97. The predicted molar refractivity (Wildman–Crippen MR) is 47.3 cm³/mol. The quantitative estimate of drug-likeness (QED) is 0.614. The van der Waals surface area contributed by atoms with E-state index < -0.39 is 0 Å². The molecular formula is C9H15NO3. The monoisotopic (exact) mass is 185 g/mol. The van der Waals surface area contributed by atoms with E-state index in [1.165, 1.54) is 0 Å². The zero-order valence-electron chi connectivity index (χ0n) is 8.03. The normalized spacial score (nSPS) is 17.0. The third-order valence-corrected chi connectivity index (χ3v) is 1.90. The van der Waals surface area contributed by atoms with Crippen LogP contribution in [0.2, 0.25) is 0 Å². The molecule has 1 rings (SSSR count). The van der Waals surface area contributed by atoms with E-state index >= 15 is 0 Å². The third kappa shape index (κ3) is 2.72. The summed E-state index contributed by atoms with van der Waals surface area (Å²) in [6.45, 7) is 5.44. The smallest absolute Gasteiger partial charge is 0.409 e. The van der Waals surface area contributed by atoms with Crippen LogP contribution < -0.4 is 0 Å². The van der Waals surface area contributed by atoms with Crippen molar-refractivity contribution >= 4 is 12.4 Å². The van der Waals surface area contributed by atoms with Crippen LogP contribution in [-0.2, 0) is 9.53 Å². The fourth-order valence-electron chi connectivity index (χ4n) is 1.08. The second-order valence-electron chi connectivity index (χ2n) is 3.77. The zero-order valence-corrected chi connectivity index (χ0v) is 8.03. The molecule has 0 aromatic carbocycles. The number of hydrogen-bond donors (Lipinski definition) is 0. The molecule has 0 aromatic heterocycles. The van der Waals surface area contributed by atoms with Crippen LogP contribution >= 0.6 is 0 Å². The highest BCUT2D eigenvalue weighted by Crippen LogP contribution is 2.14. The standard InChI is InChI=1S/C9H15NO3/c1-7(2)6-13-9(12)10-3-8(4-10)5-11/h5,7-8H,3-4,6H2,1-2H3. The van der Waals surface area contributed by atoms with Gasteiger partial charge in [0.15, 0.2) is 0 Å². The molecule has 1 heterocycles. The molecule has 0 bridgehead atoms. The van der Waals surface area contributed by atoms with Gasteiger partial charge in [-0.25, -0.2) is 4.79 Å². The van der Waals surface area contributed by atoms with Gasteiger partial charge in [0.05, 0.1) is 12.5 Å². The van der Waals surface area contributed by atoms with Crippen molar-refractivity contribution in [2.45, 2.75) is 13.8 Å². The lowest BCUT2D eigenvalue weighted by atomic mass is 10.0. The molecule has 0 unspecified atom stereocenters. The van der Waals surface area contributed by atoms with Crippen LogP contribution in [0.4, 0.5) is 4.79 Å². The second kappa shape index (κ2) is 4.25. The first-order valence-corrected chi connectivity index (χ1v) is 4.50. The zero-order chi connectivity index (χ0) is 9.84. The molecule has 0 aliphatic carbocycles. The summed E-state index contributed by atoms with van der Waals surface area (Å²) >= 11 is 0. The Bertz CT molecular complexity index is 197. The molecule has 0 atom stereocenters. The molecule has 0 N–H and O–H groups in total. The van der Waals surface area contributed by atoms with Crippen LogP contribution in [0.3, 0.4) is 0 Å². The molecule has 0 aromatic rings. The molecule has 13 heavy (non-hydrogen) atoms. The van der Waals surface area contributed by atoms with E-state index in [4.69, 9.17) is 4.74 Å². The number of nitrogens with zero attached hydrogens (tertiary/aromatic N) is 1. The van der Waals surface area contributed by atoms with Gasteiger partial charge in [-0.1, -0.05) is 13.8 Å². The van der Waals surface area contributed by atoms with Crippen molar-refractivity contribution in [1.29, 1.82) is 0 Å². The average molecular weight is 185 g/mol. The number of carbonyl (C=O) groups is 2. The summed E-state index contributed by atoms with van der Waals surface area (Å²) in [5, 5.41) is 0. The van der Waals surface area contributed by atoms with E-state index in [-0.39, 0.29) is 12.0 Å². The first-order valence-electron chi connectivity index (χ1n) is 4.50. The van der Waals surface area contributed by atoms with E-state index in [9.17, 15) is 9.59 Å². The summed E-state index contributed by atoms with van der Waals surface area (Å²) in [5.74, 6) is 0.374. The summed E-state index contributed by atoms with van der Waals surface area (Å²) in [5.41, 5.74) is 0. The van der Waals surface area contributed by atoms with Crippen molar-refractivity contribution in [3.63, 3.8) is 0 Å². The van der Waals surface area contributed by atoms with Gasteiger partial charge in [-0.05, 0) is 5.92 Å². The molecule has 74 valence electrons. The van der Waals surface area contributed by atoms with E-state index in [2.05, 4.69) is 0 Å². The van der Waals surface area contributed by atoms with Gasteiger partial charge in [-0.15, -0.1) is 0 Å². The summed E-state index contributed by atoms with van der Waals surface area (Å²) in [6, 6.07) is 0. The lowest BCUT2D eigenvalue weighted by molar-refractivity contribution is -0.114. The number of aldehydes is 1. The summed E-state index contributed by atoms with van der Waals surface area (Å²) in [4.78, 5) is 23.0. The molecule has 1 aliphatic rings. The number of likely N-dealkylation sites (tertiary alicyclic amines) is 1. The largest absolute Gasteiger partial charge is 0.449 e. The molecule has 1 fully saturated rings. The van der Waals surface area contributed by atoms with Crippen LogP contribution in [0.1, 0.15) is 13.8 Å². The first kappa shape index (κ1) is 10.0. The van der Waals surface area contributed by atoms with Crippen LogP contribution in [0, 0.1) is 11.8 Å².